The summed E-state index contributed by atoms with van der Waals surface area (Å²) in [4.78, 5) is 23.7. The number of piperidine rings is 1. The third kappa shape index (κ3) is 5.42. The number of anilines is 4. The zero-order valence-corrected chi connectivity index (χ0v) is 22.0. The second-order valence-corrected chi connectivity index (χ2v) is 10.7. The first-order valence-corrected chi connectivity index (χ1v) is 13.1. The lowest BCUT2D eigenvalue weighted by molar-refractivity contribution is -0.119. The number of halogens is 1. The molecule has 9 heteroatoms. The molecule has 0 spiro atoms. The summed E-state index contributed by atoms with van der Waals surface area (Å²) >= 11 is 6.40. The number of likely N-dealkylation sites (tertiary alicyclic amines) is 1. The molecule has 1 saturated heterocycles. The number of aromatic nitrogens is 2. The third-order valence-electron chi connectivity index (χ3n) is 7.34. The molecule has 1 amide bonds. The van der Waals surface area contributed by atoms with Gasteiger partial charge in [-0.05, 0) is 74.0 Å². The minimum atomic E-state index is -0.601. The third-order valence-corrected chi connectivity index (χ3v) is 7.62. The maximum absolute atomic E-state index is 12.4. The van der Waals surface area contributed by atoms with Crippen LogP contribution in [0.15, 0.2) is 48.7 Å². The Balaban J connectivity index is 1.26. The van der Waals surface area contributed by atoms with Crippen molar-refractivity contribution in [1.82, 2.24) is 14.9 Å². The van der Waals surface area contributed by atoms with Crippen molar-refractivity contribution in [3.05, 3.63) is 70.4 Å². The van der Waals surface area contributed by atoms with Crippen molar-refractivity contribution in [2.45, 2.75) is 44.6 Å². The minimum Gasteiger partial charge on any atom is -0.395 e. The van der Waals surface area contributed by atoms with E-state index in [0.29, 0.717) is 29.3 Å². The summed E-state index contributed by atoms with van der Waals surface area (Å²) in [5.74, 6) is 1.45. The molecule has 5 rings (SSSR count). The molecule has 1 aromatic heterocycles. The summed E-state index contributed by atoms with van der Waals surface area (Å²) in [7, 11) is 0. The van der Waals surface area contributed by atoms with Gasteiger partial charge in [0.15, 0.2) is 5.82 Å². The second kappa shape index (κ2) is 10.7. The molecule has 8 nitrogen and oxygen atoms in total. The van der Waals surface area contributed by atoms with Gasteiger partial charge in [-0.25, -0.2) is 4.98 Å². The average Bonchev–Trinajstić information content (AvgIpc) is 3.13. The highest BCUT2D eigenvalue weighted by molar-refractivity contribution is 6.32. The number of amides is 1. The summed E-state index contributed by atoms with van der Waals surface area (Å²) in [6.45, 7) is 7.32. The smallest absolute Gasteiger partial charge is 0.234 e. The van der Waals surface area contributed by atoms with Crippen LogP contribution >= 0.6 is 11.6 Å². The molecule has 1 atom stereocenters. The van der Waals surface area contributed by atoms with Crippen molar-refractivity contribution in [1.29, 1.82) is 0 Å². The Hall–Kier alpha value is -3.20. The SMILES string of the molecule is CC1(C)C(=O)Nc2cccc(CNc3nc(Nc4ccc(C5CCCN(CCO)C5)cc4)ncc3Cl)c21. The van der Waals surface area contributed by atoms with Crippen LogP contribution in [0.2, 0.25) is 5.02 Å². The van der Waals surface area contributed by atoms with Crippen LogP contribution in [0, 0.1) is 0 Å². The summed E-state index contributed by atoms with van der Waals surface area (Å²) in [6.07, 6.45) is 3.89. The quantitative estimate of drug-likeness (QED) is 0.335. The second-order valence-electron chi connectivity index (χ2n) is 10.3. The lowest BCUT2D eigenvalue weighted by Crippen LogP contribution is -2.36. The lowest BCUT2D eigenvalue weighted by Gasteiger charge is -2.32. The molecule has 4 N–H and O–H groups in total. The van der Waals surface area contributed by atoms with E-state index in [2.05, 4.69) is 43.0 Å². The fraction of sp³-hybridized carbons (Fsp3) is 0.393. The molecular formula is C28H33ClN6O2. The van der Waals surface area contributed by atoms with Crippen molar-refractivity contribution in [2.24, 2.45) is 0 Å². The Labute approximate surface area is 222 Å². The number of nitrogens with one attached hydrogen (secondary N) is 3. The summed E-state index contributed by atoms with van der Waals surface area (Å²) < 4.78 is 0. The molecule has 1 unspecified atom stereocenters. The highest BCUT2D eigenvalue weighted by Gasteiger charge is 2.39. The Morgan fingerprint density at radius 1 is 1.22 bits per heavy atom. The normalized spacial score (nSPS) is 18.8. The number of benzene rings is 2. The summed E-state index contributed by atoms with van der Waals surface area (Å²) in [5, 5.41) is 19.2. The van der Waals surface area contributed by atoms with Gasteiger partial charge in [0.2, 0.25) is 11.9 Å². The predicted molar refractivity (Wildman–Crippen MR) is 148 cm³/mol. The zero-order valence-electron chi connectivity index (χ0n) is 21.2. The standard InChI is InChI=1S/C28H33ClN6O2/c1-28(2)24-19(5-3-7-23(24)33-26(28)37)15-30-25-22(29)16-31-27(34-25)32-21-10-8-18(9-11-21)20-6-4-12-35(17-20)13-14-36/h3,5,7-11,16,20,36H,4,6,12-15,17H2,1-2H3,(H,33,37)(H2,30,31,32,34). The zero-order chi connectivity index (χ0) is 26.0. The Bertz CT molecular complexity index is 1280. The van der Waals surface area contributed by atoms with Crippen molar-refractivity contribution in [3.63, 3.8) is 0 Å². The molecule has 2 aromatic carbocycles. The molecule has 37 heavy (non-hydrogen) atoms. The topological polar surface area (TPSA) is 102 Å². The van der Waals surface area contributed by atoms with E-state index in [0.717, 1.165) is 55.0 Å². The minimum absolute atomic E-state index is 0.00139. The van der Waals surface area contributed by atoms with Gasteiger partial charge < -0.3 is 26.0 Å². The van der Waals surface area contributed by atoms with Gasteiger partial charge >= 0.3 is 0 Å². The van der Waals surface area contributed by atoms with E-state index < -0.39 is 5.41 Å². The van der Waals surface area contributed by atoms with Gasteiger partial charge in [-0.1, -0.05) is 35.9 Å². The number of hydrogen-bond acceptors (Lipinski definition) is 7. The van der Waals surface area contributed by atoms with Gasteiger partial charge in [-0.15, -0.1) is 0 Å². The van der Waals surface area contributed by atoms with Crippen LogP contribution in [-0.4, -0.2) is 52.1 Å². The van der Waals surface area contributed by atoms with Crippen molar-refractivity contribution >= 4 is 40.6 Å². The van der Waals surface area contributed by atoms with Crippen molar-refractivity contribution in [2.75, 3.05) is 42.2 Å². The summed E-state index contributed by atoms with van der Waals surface area (Å²) in [5.41, 5.74) is 4.46. The lowest BCUT2D eigenvalue weighted by atomic mass is 9.83. The molecule has 0 aliphatic carbocycles. The number of hydrogen-bond donors (Lipinski definition) is 4. The maximum atomic E-state index is 12.4. The number of β-amino-alcohol motifs (C(OH)–C–C–N with tert-alkyl or cyclic N) is 1. The largest absolute Gasteiger partial charge is 0.395 e. The molecule has 3 aromatic rings. The van der Waals surface area contributed by atoms with Crippen LogP contribution < -0.4 is 16.0 Å². The van der Waals surface area contributed by atoms with Crippen LogP contribution in [0.3, 0.4) is 0 Å². The first-order chi connectivity index (χ1) is 17.8. The Morgan fingerprint density at radius 3 is 2.81 bits per heavy atom. The fourth-order valence-electron chi connectivity index (χ4n) is 5.35. The van der Waals surface area contributed by atoms with E-state index in [1.807, 2.05) is 44.2 Å². The molecule has 3 heterocycles. The monoisotopic (exact) mass is 520 g/mol. The number of aliphatic hydroxyl groups is 1. The van der Waals surface area contributed by atoms with E-state index in [9.17, 15) is 9.90 Å². The molecule has 0 radical (unpaired) electrons. The summed E-state index contributed by atoms with van der Waals surface area (Å²) in [6, 6.07) is 14.3. The van der Waals surface area contributed by atoms with E-state index in [-0.39, 0.29) is 12.5 Å². The molecular weight excluding hydrogens is 488 g/mol. The predicted octanol–water partition coefficient (Wildman–Crippen LogP) is 4.89. The van der Waals surface area contributed by atoms with E-state index in [1.165, 1.54) is 5.56 Å². The number of nitrogens with zero attached hydrogens (tertiary/aromatic N) is 3. The molecule has 0 bridgehead atoms. The van der Waals surface area contributed by atoms with Crippen LogP contribution in [0.5, 0.6) is 0 Å². The van der Waals surface area contributed by atoms with Gasteiger partial charge in [0.1, 0.15) is 5.02 Å². The Kier molecular flexibility index (Phi) is 7.33. The van der Waals surface area contributed by atoms with Gasteiger partial charge in [0.25, 0.3) is 0 Å². The van der Waals surface area contributed by atoms with Crippen LogP contribution in [0.1, 0.15) is 49.3 Å². The number of rotatable bonds is 8. The van der Waals surface area contributed by atoms with E-state index in [4.69, 9.17) is 11.6 Å². The number of aliphatic hydroxyl groups excluding tert-OH is 1. The highest BCUT2D eigenvalue weighted by atomic mass is 35.5. The number of carbonyl (C=O) groups is 1. The van der Waals surface area contributed by atoms with Gasteiger partial charge in [0.05, 0.1) is 18.2 Å². The van der Waals surface area contributed by atoms with Crippen LogP contribution in [0.25, 0.3) is 0 Å². The average molecular weight is 521 g/mol. The van der Waals surface area contributed by atoms with Crippen LogP contribution in [0.4, 0.5) is 23.1 Å². The van der Waals surface area contributed by atoms with Gasteiger partial charge in [-0.3, -0.25) is 4.79 Å². The Morgan fingerprint density at radius 2 is 2.03 bits per heavy atom. The maximum Gasteiger partial charge on any atom is 0.234 e. The first-order valence-electron chi connectivity index (χ1n) is 12.8. The number of carbonyl (C=O) groups excluding carboxylic acids is 1. The van der Waals surface area contributed by atoms with Crippen LogP contribution in [-0.2, 0) is 16.8 Å². The van der Waals surface area contributed by atoms with E-state index in [1.54, 1.807) is 6.20 Å². The van der Waals surface area contributed by atoms with Gasteiger partial charge in [-0.2, -0.15) is 4.98 Å². The number of fused-ring (bicyclic) bond motifs is 1. The first kappa shape index (κ1) is 25.4. The molecule has 194 valence electrons. The highest BCUT2D eigenvalue weighted by Crippen LogP contribution is 2.40. The van der Waals surface area contributed by atoms with E-state index >= 15 is 0 Å². The fourth-order valence-corrected chi connectivity index (χ4v) is 5.51. The molecule has 0 saturated carbocycles. The van der Waals surface area contributed by atoms with Crippen molar-refractivity contribution in [3.8, 4) is 0 Å². The molecule has 2 aliphatic heterocycles. The van der Waals surface area contributed by atoms with Gasteiger partial charge in [0, 0.05) is 31.0 Å². The molecule has 2 aliphatic rings. The van der Waals surface area contributed by atoms with Crippen molar-refractivity contribution < 1.29 is 9.90 Å². The molecule has 1 fully saturated rings.